The number of carbonyl (C=O) groups is 1. The molecular formula is C20H23FN4O2. The predicted octanol–water partition coefficient (Wildman–Crippen LogP) is 2.28. The highest BCUT2D eigenvalue weighted by Crippen LogP contribution is 2.29. The fourth-order valence-electron chi connectivity index (χ4n) is 3.71. The molecule has 0 N–H and O–H groups in total. The van der Waals surface area contributed by atoms with Crippen molar-refractivity contribution in [2.24, 2.45) is 0 Å². The second-order valence-corrected chi connectivity index (χ2v) is 6.98. The maximum Gasteiger partial charge on any atom is 0.236 e. The quantitative estimate of drug-likeness (QED) is 0.826. The van der Waals surface area contributed by atoms with E-state index < -0.39 is 0 Å². The number of benzene rings is 1. The molecule has 2 fully saturated rings. The Hall–Kier alpha value is -2.38. The van der Waals surface area contributed by atoms with Gasteiger partial charge in [0.15, 0.2) is 0 Å². The van der Waals surface area contributed by atoms with Crippen LogP contribution in [0.2, 0.25) is 0 Å². The molecule has 0 unspecified atom stereocenters. The topological polar surface area (TPSA) is 58.6 Å². The Morgan fingerprint density at radius 1 is 1.19 bits per heavy atom. The lowest BCUT2D eigenvalue weighted by atomic mass is 10.1. The third-order valence-electron chi connectivity index (χ3n) is 5.10. The summed E-state index contributed by atoms with van der Waals surface area (Å²) in [7, 11) is 0. The Kier molecular flexibility index (Phi) is 5.40. The Morgan fingerprint density at radius 2 is 2.00 bits per heavy atom. The van der Waals surface area contributed by atoms with E-state index in [1.807, 2.05) is 11.0 Å². The van der Waals surface area contributed by atoms with Crippen LogP contribution in [0.1, 0.15) is 24.6 Å². The molecule has 7 heteroatoms. The van der Waals surface area contributed by atoms with Crippen molar-refractivity contribution in [2.75, 3.05) is 39.3 Å². The normalized spacial score (nSPS) is 20.8. The van der Waals surface area contributed by atoms with Crippen molar-refractivity contribution in [3.8, 4) is 11.3 Å². The van der Waals surface area contributed by atoms with E-state index in [4.69, 9.17) is 4.74 Å². The number of hydrogen-bond acceptors (Lipinski definition) is 5. The molecule has 0 saturated carbocycles. The van der Waals surface area contributed by atoms with Gasteiger partial charge >= 0.3 is 0 Å². The van der Waals surface area contributed by atoms with Gasteiger partial charge in [-0.2, -0.15) is 0 Å². The number of likely N-dealkylation sites (tertiary alicyclic amines) is 1. The summed E-state index contributed by atoms with van der Waals surface area (Å²) in [5, 5.41) is 0. The molecule has 0 aliphatic carbocycles. The lowest BCUT2D eigenvalue weighted by Crippen LogP contribution is -2.45. The number of nitrogens with zero attached hydrogens (tertiary/aromatic N) is 4. The second-order valence-electron chi connectivity index (χ2n) is 6.98. The summed E-state index contributed by atoms with van der Waals surface area (Å²) in [6.45, 7) is 3.93. The summed E-state index contributed by atoms with van der Waals surface area (Å²) in [5.74, 6) is -0.135. The Balaban J connectivity index is 1.51. The van der Waals surface area contributed by atoms with Gasteiger partial charge in [-0.3, -0.25) is 19.7 Å². The minimum atomic E-state index is -0.313. The third kappa shape index (κ3) is 4.14. The predicted molar refractivity (Wildman–Crippen MR) is 98.4 cm³/mol. The van der Waals surface area contributed by atoms with Crippen LogP contribution in [0.3, 0.4) is 0 Å². The highest BCUT2D eigenvalue weighted by Gasteiger charge is 2.29. The smallest absolute Gasteiger partial charge is 0.236 e. The lowest BCUT2D eigenvalue weighted by Gasteiger charge is -2.33. The molecule has 2 aromatic rings. The molecule has 27 heavy (non-hydrogen) atoms. The summed E-state index contributed by atoms with van der Waals surface area (Å²) >= 11 is 0. The molecule has 2 aliphatic heterocycles. The Bertz CT molecular complexity index is 810. The minimum absolute atomic E-state index is 0.178. The van der Waals surface area contributed by atoms with Gasteiger partial charge in [-0.1, -0.05) is 12.1 Å². The second kappa shape index (κ2) is 8.10. The first kappa shape index (κ1) is 18.0. The highest BCUT2D eigenvalue weighted by molar-refractivity contribution is 5.78. The van der Waals surface area contributed by atoms with E-state index in [1.54, 1.807) is 18.5 Å². The molecular weight excluding hydrogens is 347 g/mol. The number of rotatable bonds is 4. The summed E-state index contributed by atoms with van der Waals surface area (Å²) < 4.78 is 19.6. The number of amides is 1. The fourth-order valence-corrected chi connectivity index (χ4v) is 3.71. The van der Waals surface area contributed by atoms with E-state index in [0.29, 0.717) is 43.2 Å². The first-order valence-corrected chi connectivity index (χ1v) is 9.39. The molecule has 142 valence electrons. The Morgan fingerprint density at radius 3 is 2.81 bits per heavy atom. The highest BCUT2D eigenvalue weighted by atomic mass is 19.1. The molecule has 0 bridgehead atoms. The molecule has 1 aromatic heterocycles. The molecule has 1 amide bonds. The maximum absolute atomic E-state index is 13.7. The lowest BCUT2D eigenvalue weighted by molar-refractivity contribution is -0.133. The van der Waals surface area contributed by atoms with Gasteiger partial charge in [-0.25, -0.2) is 4.39 Å². The van der Waals surface area contributed by atoms with Crippen molar-refractivity contribution in [3.05, 3.63) is 48.2 Å². The zero-order valence-electron chi connectivity index (χ0n) is 15.2. The zero-order chi connectivity index (χ0) is 18.6. The van der Waals surface area contributed by atoms with Crippen LogP contribution in [0, 0.1) is 5.82 Å². The average molecular weight is 370 g/mol. The van der Waals surface area contributed by atoms with E-state index in [0.717, 1.165) is 25.9 Å². The van der Waals surface area contributed by atoms with Crippen molar-refractivity contribution in [2.45, 2.75) is 18.9 Å². The molecule has 4 rings (SSSR count). The molecule has 1 atom stereocenters. The first-order valence-electron chi connectivity index (χ1n) is 9.39. The van der Waals surface area contributed by atoms with Crippen molar-refractivity contribution >= 4 is 5.91 Å². The van der Waals surface area contributed by atoms with Gasteiger partial charge in [0.05, 0.1) is 24.5 Å². The zero-order valence-corrected chi connectivity index (χ0v) is 15.2. The summed E-state index contributed by atoms with van der Waals surface area (Å²) in [4.78, 5) is 25.4. The number of morpholine rings is 1. The fraction of sp³-hybridized carbons (Fsp3) is 0.450. The van der Waals surface area contributed by atoms with Gasteiger partial charge in [-0.05, 0) is 25.0 Å². The van der Waals surface area contributed by atoms with E-state index in [9.17, 15) is 9.18 Å². The molecule has 1 aromatic carbocycles. The molecule has 2 aliphatic rings. The van der Waals surface area contributed by atoms with Gasteiger partial charge in [0.25, 0.3) is 0 Å². The van der Waals surface area contributed by atoms with Crippen LogP contribution >= 0.6 is 0 Å². The Labute approximate surface area is 158 Å². The van der Waals surface area contributed by atoms with Crippen LogP contribution in [0.25, 0.3) is 11.3 Å². The van der Waals surface area contributed by atoms with Crippen molar-refractivity contribution in [3.63, 3.8) is 0 Å². The van der Waals surface area contributed by atoms with Gasteiger partial charge in [0.2, 0.25) is 5.91 Å². The molecule has 0 radical (unpaired) electrons. The number of carbonyl (C=O) groups excluding carboxylic acids is 1. The van der Waals surface area contributed by atoms with Crippen molar-refractivity contribution < 1.29 is 13.9 Å². The van der Waals surface area contributed by atoms with Crippen molar-refractivity contribution in [1.29, 1.82) is 0 Å². The number of aromatic nitrogens is 2. The largest absolute Gasteiger partial charge is 0.369 e. The van der Waals surface area contributed by atoms with E-state index in [2.05, 4.69) is 14.9 Å². The monoisotopic (exact) mass is 370 g/mol. The molecule has 2 saturated heterocycles. The molecule has 3 heterocycles. The van der Waals surface area contributed by atoms with Gasteiger partial charge < -0.3 is 9.64 Å². The van der Waals surface area contributed by atoms with E-state index in [1.165, 1.54) is 12.1 Å². The van der Waals surface area contributed by atoms with Crippen LogP contribution in [-0.4, -0.2) is 65.0 Å². The van der Waals surface area contributed by atoms with Gasteiger partial charge in [0.1, 0.15) is 11.9 Å². The van der Waals surface area contributed by atoms with E-state index in [-0.39, 0.29) is 17.8 Å². The minimum Gasteiger partial charge on any atom is -0.369 e. The summed E-state index contributed by atoms with van der Waals surface area (Å²) in [5.41, 5.74) is 1.98. The first-order chi connectivity index (χ1) is 13.2. The number of ether oxygens (including phenoxy) is 1. The summed E-state index contributed by atoms with van der Waals surface area (Å²) in [6, 6.07) is 6.33. The van der Waals surface area contributed by atoms with Crippen molar-refractivity contribution in [1.82, 2.24) is 19.8 Å². The summed E-state index contributed by atoms with van der Waals surface area (Å²) in [6.07, 6.45) is 5.11. The molecule has 0 spiro atoms. The van der Waals surface area contributed by atoms with Crippen LogP contribution in [0.4, 0.5) is 4.39 Å². The van der Waals surface area contributed by atoms with E-state index >= 15 is 0 Å². The number of halogens is 1. The third-order valence-corrected chi connectivity index (χ3v) is 5.10. The van der Waals surface area contributed by atoms with Gasteiger partial charge in [-0.15, -0.1) is 0 Å². The maximum atomic E-state index is 13.7. The van der Waals surface area contributed by atoms with Crippen LogP contribution in [-0.2, 0) is 9.53 Å². The average Bonchev–Trinajstić information content (AvgIpc) is 3.23. The standard InChI is InChI=1S/C20H23FN4O2/c21-16-5-3-4-15(12-16)19-20(23-7-6-22-19)17-13-24(10-11-27-17)14-18(26)25-8-1-2-9-25/h3-7,12,17H,1-2,8-11,13-14H2/t17-/m0/s1. The van der Waals surface area contributed by atoms with Crippen LogP contribution in [0.15, 0.2) is 36.7 Å². The molecule has 6 nitrogen and oxygen atoms in total. The van der Waals surface area contributed by atoms with Crippen LogP contribution < -0.4 is 0 Å². The number of hydrogen-bond donors (Lipinski definition) is 0. The SMILES string of the molecule is O=C(CN1CCO[C@H](c2nccnc2-c2cccc(F)c2)C1)N1CCCC1. The van der Waals surface area contributed by atoms with Gasteiger partial charge in [0, 0.05) is 44.1 Å². The van der Waals surface area contributed by atoms with Crippen LogP contribution in [0.5, 0.6) is 0 Å².